The summed E-state index contributed by atoms with van der Waals surface area (Å²) < 4.78 is 15.7. The number of hydrogen-bond donors (Lipinski definition) is 0. The van der Waals surface area contributed by atoms with Crippen LogP contribution in [0.3, 0.4) is 0 Å². The Morgan fingerprint density at radius 1 is 1.33 bits per heavy atom. The lowest BCUT2D eigenvalue weighted by Crippen LogP contribution is -2.62. The highest BCUT2D eigenvalue weighted by Gasteiger charge is 2.38. The lowest BCUT2D eigenvalue weighted by molar-refractivity contribution is 0.00720. The van der Waals surface area contributed by atoms with E-state index < -0.39 is 5.60 Å². The van der Waals surface area contributed by atoms with Crippen molar-refractivity contribution in [3.05, 3.63) is 10.6 Å². The third-order valence-electron chi connectivity index (χ3n) is 3.98. The Hall–Kier alpha value is -1.87. The zero-order valence-corrected chi connectivity index (χ0v) is 17.7. The Bertz CT molecular complexity index is 664. The van der Waals surface area contributed by atoms with Gasteiger partial charge in [0.05, 0.1) is 24.9 Å². The van der Waals surface area contributed by atoms with Crippen LogP contribution in [0.4, 0.5) is 9.93 Å². The molecule has 1 aromatic rings. The first kappa shape index (κ1) is 21.4. The van der Waals surface area contributed by atoms with E-state index in [0.29, 0.717) is 43.4 Å². The first-order valence-electron chi connectivity index (χ1n) is 9.04. The van der Waals surface area contributed by atoms with E-state index in [-0.39, 0.29) is 18.1 Å². The van der Waals surface area contributed by atoms with Crippen molar-refractivity contribution in [2.75, 3.05) is 44.9 Å². The van der Waals surface area contributed by atoms with Crippen LogP contribution in [-0.4, -0.2) is 73.5 Å². The maximum Gasteiger partial charge on any atom is 0.410 e. The van der Waals surface area contributed by atoms with Crippen LogP contribution < -0.4 is 4.90 Å². The van der Waals surface area contributed by atoms with Gasteiger partial charge in [-0.15, -0.1) is 0 Å². The number of esters is 1. The van der Waals surface area contributed by atoms with Crippen molar-refractivity contribution < 1.29 is 23.8 Å². The molecule has 1 saturated heterocycles. The molecule has 0 unspecified atom stereocenters. The molecule has 27 heavy (non-hydrogen) atoms. The monoisotopic (exact) mass is 399 g/mol. The van der Waals surface area contributed by atoms with Gasteiger partial charge in [-0.2, -0.15) is 0 Å². The summed E-state index contributed by atoms with van der Waals surface area (Å²) >= 11 is 1.32. The Morgan fingerprint density at radius 3 is 2.56 bits per heavy atom. The molecular formula is C18H29N3O5S. The number of rotatable bonds is 7. The minimum Gasteiger partial charge on any atom is -0.462 e. The molecule has 2 rings (SSSR count). The van der Waals surface area contributed by atoms with E-state index in [1.165, 1.54) is 11.3 Å². The molecule has 0 aromatic carbocycles. The molecule has 0 saturated carbocycles. The van der Waals surface area contributed by atoms with Crippen LogP contribution >= 0.6 is 11.3 Å². The van der Waals surface area contributed by atoms with E-state index in [2.05, 4.69) is 9.88 Å². The SMILES string of the molecule is CCOC(=O)c1sc(N2CC(N(CCOC)C(=O)OC(C)(C)C)C2)nc1C. The van der Waals surface area contributed by atoms with E-state index in [0.717, 1.165) is 5.13 Å². The number of ether oxygens (including phenoxy) is 3. The van der Waals surface area contributed by atoms with Crippen molar-refractivity contribution >= 4 is 28.5 Å². The number of nitrogens with zero attached hydrogens (tertiary/aromatic N) is 3. The fourth-order valence-electron chi connectivity index (χ4n) is 2.65. The summed E-state index contributed by atoms with van der Waals surface area (Å²) in [5.74, 6) is -0.341. The molecule has 1 amide bonds. The average molecular weight is 400 g/mol. The molecule has 0 bridgehead atoms. The summed E-state index contributed by atoms with van der Waals surface area (Å²) in [6.07, 6.45) is -0.341. The van der Waals surface area contributed by atoms with Crippen molar-refractivity contribution in [2.45, 2.75) is 46.3 Å². The molecule has 1 aliphatic heterocycles. The zero-order chi connectivity index (χ0) is 20.2. The van der Waals surface area contributed by atoms with Crippen molar-refractivity contribution in [2.24, 2.45) is 0 Å². The van der Waals surface area contributed by atoms with Crippen LogP contribution in [0, 0.1) is 6.92 Å². The number of carbonyl (C=O) groups excluding carboxylic acids is 2. The predicted molar refractivity (Wildman–Crippen MR) is 104 cm³/mol. The highest BCUT2D eigenvalue weighted by molar-refractivity contribution is 7.17. The molecule has 0 N–H and O–H groups in total. The minimum atomic E-state index is -0.549. The van der Waals surface area contributed by atoms with Crippen molar-refractivity contribution in [3.63, 3.8) is 0 Å². The van der Waals surface area contributed by atoms with Crippen LogP contribution in [0.15, 0.2) is 0 Å². The molecule has 9 heteroatoms. The summed E-state index contributed by atoms with van der Waals surface area (Å²) in [6, 6.07) is 0.0187. The summed E-state index contributed by atoms with van der Waals surface area (Å²) in [5, 5.41) is 0.766. The molecule has 2 heterocycles. The Kier molecular flexibility index (Phi) is 7.05. The average Bonchev–Trinajstić information content (AvgIpc) is 2.89. The highest BCUT2D eigenvalue weighted by Crippen LogP contribution is 2.31. The molecule has 0 spiro atoms. The first-order valence-corrected chi connectivity index (χ1v) is 9.86. The fraction of sp³-hybridized carbons (Fsp3) is 0.722. The number of methoxy groups -OCH3 is 1. The molecule has 0 aliphatic carbocycles. The van der Waals surface area contributed by atoms with E-state index >= 15 is 0 Å². The van der Waals surface area contributed by atoms with Crippen LogP contribution in [-0.2, 0) is 14.2 Å². The zero-order valence-electron chi connectivity index (χ0n) is 16.9. The largest absolute Gasteiger partial charge is 0.462 e. The van der Waals surface area contributed by atoms with Crippen molar-refractivity contribution in [1.82, 2.24) is 9.88 Å². The second-order valence-corrected chi connectivity index (χ2v) is 8.33. The van der Waals surface area contributed by atoms with Crippen LogP contribution in [0.5, 0.6) is 0 Å². The maximum absolute atomic E-state index is 12.5. The van der Waals surface area contributed by atoms with Gasteiger partial charge in [0.2, 0.25) is 0 Å². The van der Waals surface area contributed by atoms with Gasteiger partial charge >= 0.3 is 12.1 Å². The van der Waals surface area contributed by atoms with Gasteiger partial charge in [0.1, 0.15) is 10.5 Å². The van der Waals surface area contributed by atoms with E-state index in [1.807, 2.05) is 20.8 Å². The third-order valence-corrected chi connectivity index (χ3v) is 5.18. The van der Waals surface area contributed by atoms with Crippen LogP contribution in [0.25, 0.3) is 0 Å². The minimum absolute atomic E-state index is 0.0187. The molecule has 152 valence electrons. The Balaban J connectivity index is 2.01. The quantitative estimate of drug-likeness (QED) is 0.652. The maximum atomic E-state index is 12.5. The van der Waals surface area contributed by atoms with E-state index in [1.54, 1.807) is 25.9 Å². The van der Waals surface area contributed by atoms with Gasteiger partial charge in [0, 0.05) is 26.7 Å². The van der Waals surface area contributed by atoms with Gasteiger partial charge in [-0.1, -0.05) is 11.3 Å². The standard InChI is InChI=1S/C18H29N3O5S/c1-7-25-15(22)14-12(2)19-16(27-14)20-10-13(11-20)21(8-9-24-6)17(23)26-18(3,4)5/h13H,7-11H2,1-6H3. The molecule has 0 radical (unpaired) electrons. The number of amides is 1. The topological polar surface area (TPSA) is 81.2 Å². The van der Waals surface area contributed by atoms with Crippen LogP contribution in [0.2, 0.25) is 0 Å². The number of hydrogen-bond acceptors (Lipinski definition) is 8. The summed E-state index contributed by atoms with van der Waals surface area (Å²) in [5.41, 5.74) is 0.118. The number of aryl methyl sites for hydroxylation is 1. The number of thiazole rings is 1. The second-order valence-electron chi connectivity index (χ2n) is 7.36. The molecule has 0 atom stereocenters. The summed E-state index contributed by atoms with van der Waals surface area (Å²) in [4.78, 5) is 33.2. The second kappa shape index (κ2) is 8.88. The molecule has 1 aliphatic rings. The Labute approximate surface area is 164 Å². The van der Waals surface area contributed by atoms with Gasteiger partial charge in [-0.3, -0.25) is 4.90 Å². The lowest BCUT2D eigenvalue weighted by atomic mass is 10.1. The van der Waals surface area contributed by atoms with Gasteiger partial charge in [0.25, 0.3) is 0 Å². The molecule has 8 nitrogen and oxygen atoms in total. The molecule has 1 aromatic heterocycles. The van der Waals surface area contributed by atoms with Gasteiger partial charge in [-0.05, 0) is 34.6 Å². The lowest BCUT2D eigenvalue weighted by Gasteiger charge is -2.45. The molecule has 1 fully saturated rings. The normalized spacial score (nSPS) is 14.7. The fourth-order valence-corrected chi connectivity index (χ4v) is 3.62. The number of aromatic nitrogens is 1. The van der Waals surface area contributed by atoms with E-state index in [4.69, 9.17) is 14.2 Å². The van der Waals surface area contributed by atoms with Crippen LogP contribution in [0.1, 0.15) is 43.1 Å². The summed E-state index contributed by atoms with van der Waals surface area (Å²) in [7, 11) is 1.61. The predicted octanol–water partition coefficient (Wildman–Crippen LogP) is 2.70. The Morgan fingerprint density at radius 2 is 2.00 bits per heavy atom. The highest BCUT2D eigenvalue weighted by atomic mass is 32.1. The number of carbonyl (C=O) groups is 2. The van der Waals surface area contributed by atoms with Crippen molar-refractivity contribution in [1.29, 1.82) is 0 Å². The van der Waals surface area contributed by atoms with Gasteiger partial charge in [-0.25, -0.2) is 14.6 Å². The van der Waals surface area contributed by atoms with Gasteiger partial charge < -0.3 is 19.1 Å². The first-order chi connectivity index (χ1) is 12.7. The number of anilines is 1. The summed E-state index contributed by atoms with van der Waals surface area (Å²) in [6.45, 7) is 11.6. The smallest absolute Gasteiger partial charge is 0.410 e. The van der Waals surface area contributed by atoms with Gasteiger partial charge in [0.15, 0.2) is 5.13 Å². The molecular weight excluding hydrogens is 370 g/mol. The third kappa shape index (κ3) is 5.55. The van der Waals surface area contributed by atoms with Crippen molar-refractivity contribution in [3.8, 4) is 0 Å². The van der Waals surface area contributed by atoms with E-state index in [9.17, 15) is 9.59 Å².